The molecule has 0 atom stereocenters. The van der Waals surface area contributed by atoms with E-state index in [1.54, 1.807) is 6.07 Å². The lowest BCUT2D eigenvalue weighted by Gasteiger charge is -2.24. The maximum Gasteiger partial charge on any atom is 0.119 e. The first-order chi connectivity index (χ1) is 7.32. The topological polar surface area (TPSA) is 20.2 Å². The van der Waals surface area contributed by atoms with Gasteiger partial charge in [-0.2, -0.15) is 0 Å². The maximum atomic E-state index is 9.99. The van der Waals surface area contributed by atoms with E-state index in [-0.39, 0.29) is 5.41 Å². The molecule has 0 saturated carbocycles. The number of phenolic OH excluding ortho intramolecular Hbond substituents is 1. The highest BCUT2D eigenvalue weighted by Gasteiger charge is 2.21. The Morgan fingerprint density at radius 2 is 1.81 bits per heavy atom. The summed E-state index contributed by atoms with van der Waals surface area (Å²) in [5.74, 6) is 1.14. The van der Waals surface area contributed by atoms with Crippen molar-refractivity contribution in [1.29, 1.82) is 0 Å². The smallest absolute Gasteiger partial charge is 0.119 e. The molecule has 1 nitrogen and oxygen atoms in total. The van der Waals surface area contributed by atoms with Crippen LogP contribution in [0.2, 0.25) is 0 Å². The van der Waals surface area contributed by atoms with Crippen LogP contribution in [0.15, 0.2) is 18.2 Å². The van der Waals surface area contributed by atoms with Gasteiger partial charge in [0, 0.05) is 5.56 Å². The van der Waals surface area contributed by atoms with Crippen LogP contribution < -0.4 is 0 Å². The molecule has 0 saturated heterocycles. The van der Waals surface area contributed by atoms with E-state index in [0.29, 0.717) is 11.7 Å². The second kappa shape index (κ2) is 4.90. The molecule has 1 rings (SSSR count). The Hall–Kier alpha value is -0.980. The van der Waals surface area contributed by atoms with E-state index in [9.17, 15) is 5.11 Å². The quantitative estimate of drug-likeness (QED) is 0.806. The summed E-state index contributed by atoms with van der Waals surface area (Å²) < 4.78 is 0. The molecule has 0 aliphatic carbocycles. The summed E-state index contributed by atoms with van der Waals surface area (Å²) in [6, 6.07) is 5.88. The van der Waals surface area contributed by atoms with Gasteiger partial charge in [-0.1, -0.05) is 46.8 Å². The molecule has 0 fully saturated rings. The predicted molar refractivity (Wildman–Crippen MR) is 70.0 cm³/mol. The zero-order chi connectivity index (χ0) is 12.3. The van der Waals surface area contributed by atoms with Gasteiger partial charge in [-0.3, -0.25) is 0 Å². The van der Waals surface area contributed by atoms with Crippen molar-refractivity contribution in [3.8, 4) is 5.75 Å². The van der Waals surface area contributed by atoms with Crippen molar-refractivity contribution in [2.24, 2.45) is 5.92 Å². The zero-order valence-electron chi connectivity index (χ0n) is 11.2. The van der Waals surface area contributed by atoms with Crippen molar-refractivity contribution < 1.29 is 5.11 Å². The molecule has 0 heterocycles. The molecule has 0 bridgehead atoms. The minimum atomic E-state index is 0.0116. The minimum absolute atomic E-state index is 0.0116. The molecule has 0 aromatic heterocycles. The summed E-state index contributed by atoms with van der Waals surface area (Å²) in [6.07, 6.45) is 2.23. The normalized spacial score (nSPS) is 12.1. The average molecular weight is 220 g/mol. The molecule has 1 aromatic rings. The first-order valence-corrected chi connectivity index (χ1v) is 6.13. The highest BCUT2D eigenvalue weighted by atomic mass is 16.3. The molecule has 0 amide bonds. The predicted octanol–water partition coefficient (Wildman–Crippen LogP) is 4.28. The van der Waals surface area contributed by atoms with Gasteiger partial charge in [0.05, 0.1) is 0 Å². The number of hydrogen-bond acceptors (Lipinski definition) is 1. The van der Waals surface area contributed by atoms with Gasteiger partial charge in [0.2, 0.25) is 0 Å². The van der Waals surface area contributed by atoms with Crippen molar-refractivity contribution >= 4 is 0 Å². The molecule has 0 radical (unpaired) electrons. The Balaban J connectivity index is 3.04. The van der Waals surface area contributed by atoms with Crippen LogP contribution in [0.4, 0.5) is 0 Å². The fourth-order valence-electron chi connectivity index (χ4n) is 2.10. The summed E-state index contributed by atoms with van der Waals surface area (Å²) in [5, 5.41) is 9.99. The number of aromatic hydroxyl groups is 1. The van der Waals surface area contributed by atoms with Gasteiger partial charge in [0.1, 0.15) is 5.75 Å². The van der Waals surface area contributed by atoms with Crippen LogP contribution in [0.1, 0.15) is 52.2 Å². The lowest BCUT2D eigenvalue weighted by molar-refractivity contribution is 0.442. The second-order valence-electron chi connectivity index (χ2n) is 5.99. The van der Waals surface area contributed by atoms with Gasteiger partial charge in [0.15, 0.2) is 0 Å². The van der Waals surface area contributed by atoms with Gasteiger partial charge < -0.3 is 5.11 Å². The molecule has 0 unspecified atom stereocenters. The summed E-state index contributed by atoms with van der Waals surface area (Å²) in [6.45, 7) is 10.9. The van der Waals surface area contributed by atoms with Crippen LogP contribution in [0, 0.1) is 5.92 Å². The third-order valence-electron chi connectivity index (χ3n) is 2.87. The Kier molecular flexibility index (Phi) is 4.01. The lowest BCUT2D eigenvalue weighted by atomic mass is 9.81. The van der Waals surface area contributed by atoms with Crippen molar-refractivity contribution in [3.05, 3.63) is 29.3 Å². The van der Waals surface area contributed by atoms with Gasteiger partial charge in [-0.15, -0.1) is 0 Å². The van der Waals surface area contributed by atoms with Crippen LogP contribution in [0.3, 0.4) is 0 Å². The van der Waals surface area contributed by atoms with Crippen molar-refractivity contribution in [2.45, 2.75) is 52.9 Å². The van der Waals surface area contributed by atoms with Crippen LogP contribution >= 0.6 is 0 Å². The van der Waals surface area contributed by atoms with Crippen molar-refractivity contribution in [3.63, 3.8) is 0 Å². The molecule has 0 aliphatic rings. The first kappa shape index (κ1) is 13.1. The molecular formula is C15H24O. The molecule has 16 heavy (non-hydrogen) atoms. The average Bonchev–Trinajstić information content (AvgIpc) is 2.12. The van der Waals surface area contributed by atoms with E-state index in [1.165, 1.54) is 12.0 Å². The van der Waals surface area contributed by atoms with E-state index in [2.05, 4.69) is 40.7 Å². The SMILES string of the molecule is CC(C)CCc1cccc(O)c1C(C)(C)C. The number of aryl methyl sites for hydroxylation is 1. The first-order valence-electron chi connectivity index (χ1n) is 6.13. The van der Waals surface area contributed by atoms with Crippen molar-refractivity contribution in [2.75, 3.05) is 0 Å². The summed E-state index contributed by atoms with van der Waals surface area (Å²) in [7, 11) is 0. The number of rotatable bonds is 3. The Labute approximate surface area is 99.5 Å². The monoisotopic (exact) mass is 220 g/mol. The largest absolute Gasteiger partial charge is 0.508 e. The van der Waals surface area contributed by atoms with E-state index in [1.807, 2.05) is 6.07 Å². The molecular weight excluding hydrogens is 196 g/mol. The summed E-state index contributed by atoms with van der Waals surface area (Å²) >= 11 is 0. The van der Waals surface area contributed by atoms with Crippen LogP contribution in [0.25, 0.3) is 0 Å². The summed E-state index contributed by atoms with van der Waals surface area (Å²) in [4.78, 5) is 0. The minimum Gasteiger partial charge on any atom is -0.508 e. The fraction of sp³-hybridized carbons (Fsp3) is 0.600. The van der Waals surface area contributed by atoms with E-state index < -0.39 is 0 Å². The maximum absolute atomic E-state index is 9.99. The Bertz CT molecular complexity index is 345. The highest BCUT2D eigenvalue weighted by molar-refractivity contribution is 5.43. The van der Waals surface area contributed by atoms with Crippen LogP contribution in [-0.4, -0.2) is 5.11 Å². The standard InChI is InChI=1S/C15H24O/c1-11(2)9-10-12-7-6-8-13(16)14(12)15(3,4)5/h6-8,11,16H,9-10H2,1-5H3. The molecule has 0 aliphatic heterocycles. The third kappa shape index (κ3) is 3.26. The van der Waals surface area contributed by atoms with Gasteiger partial charge in [-0.05, 0) is 35.8 Å². The van der Waals surface area contributed by atoms with Gasteiger partial charge in [0.25, 0.3) is 0 Å². The summed E-state index contributed by atoms with van der Waals surface area (Å²) in [5.41, 5.74) is 2.41. The number of benzene rings is 1. The Morgan fingerprint density at radius 3 is 2.31 bits per heavy atom. The van der Waals surface area contributed by atoms with Crippen LogP contribution in [0.5, 0.6) is 5.75 Å². The van der Waals surface area contributed by atoms with Crippen LogP contribution in [-0.2, 0) is 11.8 Å². The molecule has 1 aromatic carbocycles. The van der Waals surface area contributed by atoms with Gasteiger partial charge >= 0.3 is 0 Å². The third-order valence-corrected chi connectivity index (χ3v) is 2.87. The molecule has 1 N–H and O–H groups in total. The number of phenols is 1. The van der Waals surface area contributed by atoms with Gasteiger partial charge in [-0.25, -0.2) is 0 Å². The molecule has 1 heteroatoms. The highest BCUT2D eigenvalue weighted by Crippen LogP contribution is 2.34. The van der Waals surface area contributed by atoms with Crippen molar-refractivity contribution in [1.82, 2.24) is 0 Å². The fourth-order valence-corrected chi connectivity index (χ4v) is 2.10. The number of hydrogen-bond donors (Lipinski definition) is 1. The Morgan fingerprint density at radius 1 is 1.19 bits per heavy atom. The van der Waals surface area contributed by atoms with E-state index in [0.717, 1.165) is 12.0 Å². The van der Waals surface area contributed by atoms with E-state index in [4.69, 9.17) is 0 Å². The lowest BCUT2D eigenvalue weighted by Crippen LogP contribution is -2.15. The molecule has 90 valence electrons. The van der Waals surface area contributed by atoms with E-state index >= 15 is 0 Å². The zero-order valence-corrected chi connectivity index (χ0v) is 11.2. The molecule has 0 spiro atoms. The second-order valence-corrected chi connectivity index (χ2v) is 5.99.